The monoisotopic (exact) mass is 550 g/mol. The Hall–Kier alpha value is -3.80. The number of para-hydroxylation sites is 1. The van der Waals surface area contributed by atoms with Gasteiger partial charge >= 0.3 is 6.09 Å². The van der Waals surface area contributed by atoms with Crippen molar-refractivity contribution in [1.29, 1.82) is 0 Å². The Morgan fingerprint density at radius 3 is 2.42 bits per heavy atom. The molecule has 4 aromatic rings. The molecule has 2 heterocycles. The van der Waals surface area contributed by atoms with Gasteiger partial charge in [-0.1, -0.05) is 24.3 Å². The van der Waals surface area contributed by atoms with Crippen molar-refractivity contribution in [2.75, 3.05) is 38.1 Å². The van der Waals surface area contributed by atoms with Crippen LogP contribution in [-0.4, -0.2) is 67.4 Å². The molecule has 0 unspecified atom stereocenters. The Bertz CT molecular complexity index is 1540. The van der Waals surface area contributed by atoms with Crippen molar-refractivity contribution >= 4 is 49.3 Å². The highest BCUT2D eigenvalue weighted by Gasteiger charge is 2.30. The third kappa shape index (κ3) is 5.40. The molecule has 3 aromatic carbocycles. The zero-order valence-electron chi connectivity index (χ0n) is 20.7. The number of piperazine rings is 1. The van der Waals surface area contributed by atoms with Crippen molar-refractivity contribution in [1.82, 2.24) is 14.2 Å². The quantitative estimate of drug-likeness (QED) is 0.374. The summed E-state index contributed by atoms with van der Waals surface area (Å²) < 4.78 is 33.6. The van der Waals surface area contributed by atoms with Gasteiger partial charge in [-0.2, -0.15) is 4.31 Å². The van der Waals surface area contributed by atoms with E-state index in [1.165, 1.54) is 33.5 Å². The number of ether oxygens (including phenoxy) is 1. The lowest BCUT2D eigenvalue weighted by Gasteiger charge is -2.33. The normalized spacial score (nSPS) is 14.4. The number of anilines is 1. The van der Waals surface area contributed by atoms with Gasteiger partial charge in [0.05, 0.1) is 21.7 Å². The van der Waals surface area contributed by atoms with E-state index < -0.39 is 16.1 Å². The van der Waals surface area contributed by atoms with E-state index in [0.29, 0.717) is 11.3 Å². The molecular weight excluding hydrogens is 524 g/mol. The van der Waals surface area contributed by atoms with Gasteiger partial charge in [0.2, 0.25) is 10.0 Å². The first-order chi connectivity index (χ1) is 18.3. The first kappa shape index (κ1) is 25.8. The van der Waals surface area contributed by atoms with E-state index >= 15 is 0 Å². The van der Waals surface area contributed by atoms with Crippen LogP contribution in [0.4, 0.5) is 10.5 Å². The molecule has 0 aliphatic carbocycles. The molecule has 2 amide bonds. The summed E-state index contributed by atoms with van der Waals surface area (Å²) in [6, 6.07) is 21.2. The van der Waals surface area contributed by atoms with Gasteiger partial charge < -0.3 is 15.0 Å². The van der Waals surface area contributed by atoms with Gasteiger partial charge in [-0.15, -0.1) is 11.3 Å². The van der Waals surface area contributed by atoms with E-state index in [4.69, 9.17) is 4.74 Å². The van der Waals surface area contributed by atoms with Crippen LogP contribution in [0.2, 0.25) is 0 Å². The van der Waals surface area contributed by atoms with Crippen LogP contribution in [0.1, 0.15) is 17.3 Å². The third-order valence-electron chi connectivity index (χ3n) is 6.18. The number of hydrogen-bond donors (Lipinski definition) is 1. The number of benzene rings is 3. The highest BCUT2D eigenvalue weighted by molar-refractivity contribution is 7.89. The second-order valence-corrected chi connectivity index (χ2v) is 11.6. The van der Waals surface area contributed by atoms with Crippen LogP contribution in [0.3, 0.4) is 0 Å². The molecule has 1 aliphatic rings. The minimum atomic E-state index is -3.76. The lowest BCUT2D eigenvalue weighted by atomic mass is 10.2. The molecule has 5 rings (SSSR count). The lowest BCUT2D eigenvalue weighted by Crippen LogP contribution is -2.50. The summed E-state index contributed by atoms with van der Waals surface area (Å²) in [7, 11) is -3.76. The molecule has 11 heteroatoms. The smallest absolute Gasteiger partial charge is 0.409 e. The maximum absolute atomic E-state index is 13.1. The van der Waals surface area contributed by atoms with Crippen molar-refractivity contribution in [3.8, 4) is 10.6 Å². The van der Waals surface area contributed by atoms with E-state index in [9.17, 15) is 18.0 Å². The van der Waals surface area contributed by atoms with Crippen LogP contribution >= 0.6 is 11.3 Å². The molecule has 38 heavy (non-hydrogen) atoms. The van der Waals surface area contributed by atoms with Gasteiger partial charge in [0.1, 0.15) is 5.01 Å². The fourth-order valence-corrected chi connectivity index (χ4v) is 6.57. The molecule has 1 N–H and O–H groups in total. The molecule has 1 fully saturated rings. The van der Waals surface area contributed by atoms with Gasteiger partial charge in [-0.25, -0.2) is 18.2 Å². The number of aromatic nitrogens is 1. The van der Waals surface area contributed by atoms with E-state index in [-0.39, 0.29) is 43.6 Å². The molecule has 196 valence electrons. The first-order valence-corrected chi connectivity index (χ1v) is 14.4. The van der Waals surface area contributed by atoms with Crippen molar-refractivity contribution in [2.45, 2.75) is 11.8 Å². The third-order valence-corrected chi connectivity index (χ3v) is 9.18. The molecule has 1 aliphatic heterocycles. The van der Waals surface area contributed by atoms with Crippen LogP contribution in [-0.2, 0) is 14.8 Å². The highest BCUT2D eigenvalue weighted by Crippen LogP contribution is 2.31. The predicted molar refractivity (Wildman–Crippen MR) is 147 cm³/mol. The van der Waals surface area contributed by atoms with Crippen molar-refractivity contribution in [3.05, 3.63) is 78.4 Å². The van der Waals surface area contributed by atoms with Crippen molar-refractivity contribution in [3.63, 3.8) is 0 Å². The van der Waals surface area contributed by atoms with Crippen LogP contribution < -0.4 is 5.32 Å². The highest BCUT2D eigenvalue weighted by atomic mass is 32.2. The van der Waals surface area contributed by atoms with Gasteiger partial charge in [0.25, 0.3) is 5.91 Å². The Kier molecular flexibility index (Phi) is 7.41. The molecule has 0 radical (unpaired) electrons. The number of amides is 2. The number of nitrogens with zero attached hydrogens (tertiary/aromatic N) is 3. The van der Waals surface area contributed by atoms with Crippen LogP contribution in [0.15, 0.2) is 77.7 Å². The molecule has 1 aromatic heterocycles. The average molecular weight is 551 g/mol. The molecule has 0 saturated carbocycles. The summed E-state index contributed by atoms with van der Waals surface area (Å²) in [6.07, 6.45) is -0.439. The molecular formula is C27H26N4O5S2. The fraction of sp³-hybridized carbons (Fsp3) is 0.222. The number of carbonyl (C=O) groups excluding carboxylic acids is 2. The molecule has 0 bridgehead atoms. The number of carbonyl (C=O) groups is 2. The van der Waals surface area contributed by atoms with E-state index in [2.05, 4.69) is 10.3 Å². The van der Waals surface area contributed by atoms with Crippen LogP contribution in [0, 0.1) is 0 Å². The largest absolute Gasteiger partial charge is 0.450 e. The van der Waals surface area contributed by atoms with Gasteiger partial charge in [-0.05, 0) is 55.5 Å². The van der Waals surface area contributed by atoms with Gasteiger partial charge in [-0.3, -0.25) is 4.79 Å². The summed E-state index contributed by atoms with van der Waals surface area (Å²) in [5.41, 5.74) is 2.77. The van der Waals surface area contributed by atoms with Crippen molar-refractivity contribution < 1.29 is 22.7 Å². The average Bonchev–Trinajstić information content (AvgIpc) is 3.38. The Labute approximate surface area is 224 Å². The van der Waals surface area contributed by atoms with Gasteiger partial charge in [0.15, 0.2) is 0 Å². The van der Waals surface area contributed by atoms with E-state index in [0.717, 1.165) is 20.8 Å². The number of sulfonamides is 1. The maximum Gasteiger partial charge on any atom is 0.409 e. The summed E-state index contributed by atoms with van der Waals surface area (Å²) in [4.78, 5) is 31.0. The Morgan fingerprint density at radius 1 is 0.974 bits per heavy atom. The van der Waals surface area contributed by atoms with E-state index in [1.807, 2.05) is 42.5 Å². The Morgan fingerprint density at radius 2 is 1.71 bits per heavy atom. The van der Waals surface area contributed by atoms with Gasteiger partial charge in [0, 0.05) is 43.0 Å². The topological polar surface area (TPSA) is 109 Å². The zero-order chi connectivity index (χ0) is 26.7. The minimum absolute atomic E-state index is 0.0940. The number of hydrogen-bond acceptors (Lipinski definition) is 7. The number of fused-ring (bicyclic) bond motifs is 1. The molecule has 1 saturated heterocycles. The zero-order valence-corrected chi connectivity index (χ0v) is 22.3. The minimum Gasteiger partial charge on any atom is -0.450 e. The molecule has 0 spiro atoms. The second-order valence-electron chi connectivity index (χ2n) is 8.64. The maximum atomic E-state index is 13.1. The molecule has 9 nitrogen and oxygen atoms in total. The summed E-state index contributed by atoms with van der Waals surface area (Å²) in [5.74, 6) is -0.349. The molecule has 0 atom stereocenters. The second kappa shape index (κ2) is 10.9. The summed E-state index contributed by atoms with van der Waals surface area (Å²) >= 11 is 1.58. The summed E-state index contributed by atoms with van der Waals surface area (Å²) in [6.45, 7) is 2.86. The lowest BCUT2D eigenvalue weighted by molar-refractivity contribution is 0.0933. The number of thiazole rings is 1. The predicted octanol–water partition coefficient (Wildman–Crippen LogP) is 4.68. The number of nitrogens with one attached hydrogen (secondary N) is 1. The summed E-state index contributed by atoms with van der Waals surface area (Å²) in [5, 5.41) is 3.74. The van der Waals surface area contributed by atoms with Crippen molar-refractivity contribution in [2.24, 2.45) is 0 Å². The van der Waals surface area contributed by atoms with Crippen LogP contribution in [0.25, 0.3) is 20.8 Å². The Balaban J connectivity index is 1.24. The van der Waals surface area contributed by atoms with E-state index in [1.54, 1.807) is 24.3 Å². The number of rotatable bonds is 6. The first-order valence-electron chi connectivity index (χ1n) is 12.1. The van der Waals surface area contributed by atoms with Crippen LogP contribution in [0.5, 0.6) is 0 Å². The SMILES string of the molecule is CCOC(=O)N1CCN(S(=O)(=O)c2ccc(C(=O)Nc3cccc(-c4nc5ccccc5s4)c3)cc2)CC1. The standard InChI is InChI=1S/C27H26N4O5S2/c1-2-36-27(33)30-14-16-31(17-15-30)38(34,35)22-12-10-19(11-13-22)25(32)28-21-7-5-6-20(18-21)26-29-23-8-3-4-9-24(23)37-26/h3-13,18H,2,14-17H2,1H3,(H,28,32). The fourth-order valence-electron chi connectivity index (χ4n) is 4.18.